The molecule has 1 heterocycles. The predicted octanol–water partition coefficient (Wildman–Crippen LogP) is 2.54. The number of carbonyl (C=O) groups is 1. The van der Waals surface area contributed by atoms with Crippen molar-refractivity contribution in [3.8, 4) is 0 Å². The summed E-state index contributed by atoms with van der Waals surface area (Å²) in [4.78, 5) is 12.8. The molecular weight excluding hydrogens is 273 g/mol. The highest BCUT2D eigenvalue weighted by Crippen LogP contribution is 2.20. The number of alkyl halides is 3. The molecule has 2 N–H and O–H groups in total. The monoisotopic (exact) mass is 292 g/mol. The molecule has 0 spiro atoms. The van der Waals surface area contributed by atoms with E-state index in [1.807, 2.05) is 6.92 Å². The Kier molecular flexibility index (Phi) is 5.62. The summed E-state index contributed by atoms with van der Waals surface area (Å²) < 4.78 is 42.7. The zero-order valence-electron chi connectivity index (χ0n) is 11.5. The van der Waals surface area contributed by atoms with E-state index in [1.165, 1.54) is 12.3 Å². The van der Waals surface area contributed by atoms with E-state index in [4.69, 9.17) is 10.2 Å². The van der Waals surface area contributed by atoms with E-state index in [-0.39, 0.29) is 12.5 Å². The van der Waals surface area contributed by atoms with E-state index in [0.29, 0.717) is 17.1 Å². The van der Waals surface area contributed by atoms with Gasteiger partial charge in [-0.15, -0.1) is 0 Å². The summed E-state index contributed by atoms with van der Waals surface area (Å²) in [5.74, 6) is -0.609. The van der Waals surface area contributed by atoms with Crippen molar-refractivity contribution < 1.29 is 22.4 Å². The van der Waals surface area contributed by atoms with Crippen LogP contribution in [0.3, 0.4) is 0 Å². The number of hydrogen-bond acceptors (Lipinski definition) is 3. The second-order valence-corrected chi connectivity index (χ2v) is 4.80. The van der Waals surface area contributed by atoms with Crippen molar-refractivity contribution in [2.45, 2.75) is 39.0 Å². The lowest BCUT2D eigenvalue weighted by Crippen LogP contribution is -2.49. The van der Waals surface area contributed by atoms with Gasteiger partial charge in [0.15, 0.2) is 0 Å². The lowest BCUT2D eigenvalue weighted by atomic mass is 9.99. The van der Waals surface area contributed by atoms with Gasteiger partial charge in [0.05, 0.1) is 18.8 Å². The Hall–Kier alpha value is -1.50. The van der Waals surface area contributed by atoms with Crippen molar-refractivity contribution in [3.63, 3.8) is 0 Å². The van der Waals surface area contributed by atoms with Gasteiger partial charge in [-0.2, -0.15) is 13.2 Å². The second-order valence-electron chi connectivity index (χ2n) is 4.80. The van der Waals surface area contributed by atoms with Crippen LogP contribution in [0.4, 0.5) is 13.2 Å². The first kappa shape index (κ1) is 16.6. The van der Waals surface area contributed by atoms with Gasteiger partial charge in [-0.05, 0) is 18.1 Å². The van der Waals surface area contributed by atoms with Gasteiger partial charge in [-0.3, -0.25) is 4.79 Å². The summed E-state index contributed by atoms with van der Waals surface area (Å²) in [5.41, 5.74) is 5.73. The van der Waals surface area contributed by atoms with Crippen LogP contribution in [-0.2, 0) is 11.3 Å². The molecule has 0 aromatic carbocycles. The van der Waals surface area contributed by atoms with Gasteiger partial charge in [-0.1, -0.05) is 20.3 Å². The molecule has 20 heavy (non-hydrogen) atoms. The van der Waals surface area contributed by atoms with E-state index >= 15 is 0 Å². The molecule has 4 nitrogen and oxygen atoms in total. The van der Waals surface area contributed by atoms with Crippen molar-refractivity contribution in [2.24, 2.45) is 11.7 Å². The van der Waals surface area contributed by atoms with Crippen LogP contribution in [-0.4, -0.2) is 29.6 Å². The molecule has 0 aliphatic rings. The summed E-state index contributed by atoms with van der Waals surface area (Å²) in [6.45, 7) is 1.99. The second kappa shape index (κ2) is 6.78. The van der Waals surface area contributed by atoms with E-state index in [2.05, 4.69) is 0 Å². The maximum Gasteiger partial charge on any atom is 0.406 e. The van der Waals surface area contributed by atoms with Crippen LogP contribution in [0.25, 0.3) is 0 Å². The summed E-state index contributed by atoms with van der Waals surface area (Å²) in [6.07, 6.45) is -2.51. The molecule has 0 fully saturated rings. The van der Waals surface area contributed by atoms with Crippen LogP contribution >= 0.6 is 0 Å². The van der Waals surface area contributed by atoms with Gasteiger partial charge in [0.2, 0.25) is 5.91 Å². The van der Waals surface area contributed by atoms with Crippen LogP contribution < -0.4 is 5.73 Å². The number of halogens is 3. The topological polar surface area (TPSA) is 59.5 Å². The van der Waals surface area contributed by atoms with Crippen LogP contribution in [0, 0.1) is 5.92 Å². The third-order valence-electron chi connectivity index (χ3n) is 3.15. The summed E-state index contributed by atoms with van der Waals surface area (Å²) >= 11 is 0. The van der Waals surface area contributed by atoms with E-state index in [0.717, 1.165) is 0 Å². The summed E-state index contributed by atoms with van der Waals surface area (Å²) in [6, 6.07) is 2.13. The Morgan fingerprint density at radius 1 is 1.50 bits per heavy atom. The average Bonchev–Trinajstić information content (AvgIpc) is 2.86. The number of nitrogens with two attached hydrogens (primary N) is 1. The van der Waals surface area contributed by atoms with Crippen molar-refractivity contribution in [1.82, 2.24) is 4.90 Å². The fourth-order valence-corrected chi connectivity index (χ4v) is 1.73. The SMILES string of the molecule is CC[C@H](C)[C@H](N)C(=O)N(Cc1ccco1)CC(F)(F)F. The molecule has 0 radical (unpaired) electrons. The molecular formula is C13H19F3N2O2. The summed E-state index contributed by atoms with van der Waals surface area (Å²) in [7, 11) is 0. The molecule has 0 unspecified atom stereocenters. The minimum absolute atomic E-state index is 0.185. The lowest BCUT2D eigenvalue weighted by molar-refractivity contribution is -0.164. The van der Waals surface area contributed by atoms with Crippen molar-refractivity contribution in [3.05, 3.63) is 24.2 Å². The first-order chi connectivity index (χ1) is 9.24. The van der Waals surface area contributed by atoms with Crippen LogP contribution in [0.2, 0.25) is 0 Å². The first-order valence-corrected chi connectivity index (χ1v) is 6.38. The van der Waals surface area contributed by atoms with Gasteiger partial charge < -0.3 is 15.1 Å². The zero-order valence-corrected chi connectivity index (χ0v) is 11.5. The smallest absolute Gasteiger partial charge is 0.406 e. The minimum atomic E-state index is -4.47. The van der Waals surface area contributed by atoms with Crippen molar-refractivity contribution >= 4 is 5.91 Å². The molecule has 2 atom stereocenters. The zero-order chi connectivity index (χ0) is 15.3. The highest BCUT2D eigenvalue weighted by molar-refractivity contribution is 5.82. The third kappa shape index (κ3) is 4.88. The van der Waals surface area contributed by atoms with Gasteiger partial charge in [0, 0.05) is 0 Å². The van der Waals surface area contributed by atoms with Crippen molar-refractivity contribution in [1.29, 1.82) is 0 Å². The molecule has 0 aliphatic carbocycles. The Balaban J connectivity index is 2.83. The molecule has 114 valence electrons. The van der Waals surface area contributed by atoms with Gasteiger partial charge in [-0.25, -0.2) is 0 Å². The Morgan fingerprint density at radius 3 is 2.60 bits per heavy atom. The molecule has 1 aromatic heterocycles. The fourth-order valence-electron chi connectivity index (χ4n) is 1.73. The average molecular weight is 292 g/mol. The largest absolute Gasteiger partial charge is 0.467 e. The van der Waals surface area contributed by atoms with E-state index < -0.39 is 24.7 Å². The number of nitrogens with zero attached hydrogens (tertiary/aromatic N) is 1. The van der Waals surface area contributed by atoms with Crippen molar-refractivity contribution in [2.75, 3.05) is 6.54 Å². The standard InChI is InChI=1S/C13H19F3N2O2/c1-3-9(2)11(17)12(19)18(8-13(14,15)16)7-10-5-4-6-20-10/h4-6,9,11H,3,7-8,17H2,1-2H3/t9-,11-/m0/s1. The highest BCUT2D eigenvalue weighted by atomic mass is 19.4. The molecule has 0 saturated carbocycles. The number of furan rings is 1. The van der Waals surface area contributed by atoms with Gasteiger partial charge in [0.1, 0.15) is 12.3 Å². The quantitative estimate of drug-likeness (QED) is 0.876. The van der Waals surface area contributed by atoms with E-state index in [9.17, 15) is 18.0 Å². The molecule has 7 heteroatoms. The van der Waals surface area contributed by atoms with E-state index in [1.54, 1.807) is 13.0 Å². The van der Waals surface area contributed by atoms with Crippen LogP contribution in [0.1, 0.15) is 26.0 Å². The molecule has 0 bridgehead atoms. The molecule has 0 aliphatic heterocycles. The van der Waals surface area contributed by atoms with Crippen LogP contribution in [0.15, 0.2) is 22.8 Å². The molecule has 1 amide bonds. The summed E-state index contributed by atoms with van der Waals surface area (Å²) in [5, 5.41) is 0. The molecule has 0 saturated heterocycles. The van der Waals surface area contributed by atoms with Gasteiger partial charge in [0.25, 0.3) is 0 Å². The highest BCUT2D eigenvalue weighted by Gasteiger charge is 2.35. The number of amides is 1. The predicted molar refractivity (Wildman–Crippen MR) is 67.6 cm³/mol. The number of carbonyl (C=O) groups excluding carboxylic acids is 1. The third-order valence-corrected chi connectivity index (χ3v) is 3.15. The fraction of sp³-hybridized carbons (Fsp3) is 0.615. The molecule has 1 aromatic rings. The normalized spacial score (nSPS) is 14.9. The number of rotatable bonds is 6. The Morgan fingerprint density at radius 2 is 2.15 bits per heavy atom. The minimum Gasteiger partial charge on any atom is -0.467 e. The maximum absolute atomic E-state index is 12.6. The molecule has 1 rings (SSSR count). The first-order valence-electron chi connectivity index (χ1n) is 6.38. The lowest BCUT2D eigenvalue weighted by Gasteiger charge is -2.28. The van der Waals surface area contributed by atoms with Crippen LogP contribution in [0.5, 0.6) is 0 Å². The Bertz CT molecular complexity index is 418. The maximum atomic E-state index is 12.6. The van der Waals surface area contributed by atoms with Gasteiger partial charge >= 0.3 is 6.18 Å². The Labute approximate surface area is 115 Å². The number of hydrogen-bond donors (Lipinski definition) is 1.